The summed E-state index contributed by atoms with van der Waals surface area (Å²) in [5, 5.41) is 7.12. The largest absolute Gasteiger partial charge is 0.471 e. The molecule has 7 heteroatoms. The minimum Gasteiger partial charge on any atom is -0.471 e. The Hall–Kier alpha value is -2.18. The van der Waals surface area contributed by atoms with Crippen molar-refractivity contribution in [3.63, 3.8) is 0 Å². The van der Waals surface area contributed by atoms with E-state index >= 15 is 0 Å². The SMILES string of the molecule is c1coc(C2=NC(c3conn3)CO2)n1. The molecule has 15 heavy (non-hydrogen) atoms. The summed E-state index contributed by atoms with van der Waals surface area (Å²) in [6.07, 6.45) is 4.44. The van der Waals surface area contributed by atoms with Crippen LogP contribution < -0.4 is 0 Å². The van der Waals surface area contributed by atoms with Gasteiger partial charge >= 0.3 is 0 Å². The number of hydrogen-bond acceptors (Lipinski definition) is 7. The Bertz CT molecular complexity index is 462. The van der Waals surface area contributed by atoms with Crippen LogP contribution in [0.3, 0.4) is 0 Å². The summed E-state index contributed by atoms with van der Waals surface area (Å²) in [5.41, 5.74) is 0.636. The second-order valence-corrected chi connectivity index (χ2v) is 2.93. The van der Waals surface area contributed by atoms with Crippen LogP contribution in [0.25, 0.3) is 0 Å². The fourth-order valence-electron chi connectivity index (χ4n) is 1.29. The van der Waals surface area contributed by atoms with Crippen molar-refractivity contribution in [1.29, 1.82) is 0 Å². The zero-order chi connectivity index (χ0) is 10.1. The quantitative estimate of drug-likeness (QED) is 0.714. The van der Waals surface area contributed by atoms with E-state index in [9.17, 15) is 0 Å². The van der Waals surface area contributed by atoms with E-state index in [1.165, 1.54) is 18.7 Å². The van der Waals surface area contributed by atoms with E-state index < -0.39 is 0 Å². The van der Waals surface area contributed by atoms with Crippen LogP contribution in [-0.4, -0.2) is 27.9 Å². The molecule has 1 unspecified atom stereocenters. The molecule has 0 saturated heterocycles. The first-order chi connectivity index (χ1) is 7.43. The molecular formula is C8H6N4O3. The van der Waals surface area contributed by atoms with Crippen LogP contribution in [0.2, 0.25) is 0 Å². The second kappa shape index (κ2) is 3.19. The molecule has 0 aliphatic carbocycles. The van der Waals surface area contributed by atoms with Gasteiger partial charge in [-0.15, -0.1) is 5.10 Å². The number of nitrogens with zero attached hydrogens (tertiary/aromatic N) is 4. The highest BCUT2D eigenvalue weighted by atomic mass is 16.5. The number of aromatic nitrogens is 3. The third kappa shape index (κ3) is 1.37. The number of oxazole rings is 1. The zero-order valence-corrected chi connectivity index (χ0v) is 7.53. The summed E-state index contributed by atoms with van der Waals surface area (Å²) in [4.78, 5) is 8.18. The van der Waals surface area contributed by atoms with Crippen LogP contribution in [0.15, 0.2) is 32.7 Å². The van der Waals surface area contributed by atoms with E-state index in [1.807, 2.05) is 0 Å². The first-order valence-electron chi connectivity index (χ1n) is 4.31. The molecule has 1 aliphatic heterocycles. The van der Waals surface area contributed by atoms with Crippen LogP contribution in [0.4, 0.5) is 0 Å². The van der Waals surface area contributed by atoms with Gasteiger partial charge in [-0.3, -0.25) is 0 Å². The van der Waals surface area contributed by atoms with Gasteiger partial charge in [0.15, 0.2) is 0 Å². The van der Waals surface area contributed by atoms with Crippen molar-refractivity contribution in [1.82, 2.24) is 15.4 Å². The first-order valence-corrected chi connectivity index (χ1v) is 4.31. The lowest BCUT2D eigenvalue weighted by atomic mass is 10.3. The fourth-order valence-corrected chi connectivity index (χ4v) is 1.29. The molecule has 0 radical (unpaired) electrons. The van der Waals surface area contributed by atoms with Crippen LogP contribution >= 0.6 is 0 Å². The van der Waals surface area contributed by atoms with Gasteiger partial charge in [0, 0.05) is 5.27 Å². The zero-order valence-electron chi connectivity index (χ0n) is 7.53. The summed E-state index contributed by atoms with van der Waals surface area (Å²) in [6, 6.07) is -0.196. The van der Waals surface area contributed by atoms with Gasteiger partial charge < -0.3 is 13.7 Å². The van der Waals surface area contributed by atoms with E-state index in [0.717, 1.165) is 0 Å². The fraction of sp³-hybridized carbons (Fsp3) is 0.250. The predicted octanol–water partition coefficient (Wildman–Crippen LogP) is 0.576. The smallest absolute Gasteiger partial charge is 0.282 e. The second-order valence-electron chi connectivity index (χ2n) is 2.93. The molecule has 2 aromatic rings. The van der Waals surface area contributed by atoms with Gasteiger partial charge in [-0.1, -0.05) is 0 Å². The average Bonchev–Trinajstić information content (AvgIpc) is 3.02. The van der Waals surface area contributed by atoms with Gasteiger partial charge in [0.25, 0.3) is 11.8 Å². The molecule has 7 nitrogen and oxygen atoms in total. The van der Waals surface area contributed by atoms with E-state index in [1.54, 1.807) is 0 Å². The molecule has 1 atom stereocenters. The highest BCUT2D eigenvalue weighted by molar-refractivity contribution is 5.90. The van der Waals surface area contributed by atoms with Crippen LogP contribution in [-0.2, 0) is 4.74 Å². The van der Waals surface area contributed by atoms with Crippen molar-refractivity contribution in [2.45, 2.75) is 6.04 Å². The first kappa shape index (κ1) is 8.16. The molecule has 0 fully saturated rings. The topological polar surface area (TPSA) is 86.5 Å². The highest BCUT2D eigenvalue weighted by Crippen LogP contribution is 2.22. The maximum atomic E-state index is 5.32. The number of hydrogen-bond donors (Lipinski definition) is 0. The molecule has 0 amide bonds. The molecule has 3 heterocycles. The molecule has 3 rings (SSSR count). The monoisotopic (exact) mass is 206 g/mol. The predicted molar refractivity (Wildman–Crippen MR) is 46.0 cm³/mol. The lowest BCUT2D eigenvalue weighted by molar-refractivity contribution is 0.309. The van der Waals surface area contributed by atoms with Crippen molar-refractivity contribution in [2.24, 2.45) is 4.99 Å². The summed E-state index contributed by atoms with van der Waals surface area (Å²) >= 11 is 0. The van der Waals surface area contributed by atoms with Gasteiger partial charge in [0.05, 0.1) is 6.20 Å². The van der Waals surface area contributed by atoms with Crippen LogP contribution in [0.5, 0.6) is 0 Å². The van der Waals surface area contributed by atoms with Gasteiger partial charge in [-0.2, -0.15) is 0 Å². The Morgan fingerprint density at radius 3 is 3.13 bits per heavy atom. The average molecular weight is 206 g/mol. The van der Waals surface area contributed by atoms with E-state index in [0.29, 0.717) is 24.1 Å². The number of ether oxygens (including phenoxy) is 1. The Kier molecular flexibility index (Phi) is 1.74. The molecule has 0 bridgehead atoms. The van der Waals surface area contributed by atoms with E-state index in [2.05, 4.69) is 24.9 Å². The van der Waals surface area contributed by atoms with Crippen LogP contribution in [0, 0.1) is 0 Å². The van der Waals surface area contributed by atoms with Gasteiger partial charge in [0.1, 0.15) is 30.9 Å². The molecule has 76 valence electrons. The third-order valence-corrected chi connectivity index (χ3v) is 1.98. The van der Waals surface area contributed by atoms with E-state index in [-0.39, 0.29) is 6.04 Å². The van der Waals surface area contributed by atoms with Crippen molar-refractivity contribution in [3.05, 3.63) is 30.3 Å². The van der Waals surface area contributed by atoms with Crippen molar-refractivity contribution < 1.29 is 13.7 Å². The number of rotatable bonds is 2. The Morgan fingerprint density at radius 1 is 1.40 bits per heavy atom. The summed E-state index contributed by atoms with van der Waals surface area (Å²) in [6.45, 7) is 0.395. The number of aliphatic imine (C=N–C) groups is 1. The Morgan fingerprint density at radius 2 is 2.40 bits per heavy atom. The lowest BCUT2D eigenvalue weighted by Crippen LogP contribution is -2.01. The summed E-state index contributed by atoms with van der Waals surface area (Å²) in [5.74, 6) is 0.752. The van der Waals surface area contributed by atoms with Crippen molar-refractivity contribution >= 4 is 5.90 Å². The summed E-state index contributed by atoms with van der Waals surface area (Å²) < 4.78 is 15.0. The Balaban J connectivity index is 1.87. The lowest BCUT2D eigenvalue weighted by Gasteiger charge is -1.95. The summed E-state index contributed by atoms with van der Waals surface area (Å²) in [7, 11) is 0. The molecule has 0 saturated carbocycles. The van der Waals surface area contributed by atoms with E-state index in [4.69, 9.17) is 9.15 Å². The maximum Gasteiger partial charge on any atom is 0.282 e. The molecule has 1 aliphatic rings. The normalized spacial score (nSPS) is 20.0. The van der Waals surface area contributed by atoms with Crippen molar-refractivity contribution in [3.8, 4) is 0 Å². The molecule has 0 spiro atoms. The molecular weight excluding hydrogens is 200 g/mol. The van der Waals surface area contributed by atoms with Gasteiger partial charge in [-0.05, 0) is 0 Å². The van der Waals surface area contributed by atoms with Crippen molar-refractivity contribution in [2.75, 3.05) is 6.61 Å². The molecule has 0 N–H and O–H groups in total. The highest BCUT2D eigenvalue weighted by Gasteiger charge is 2.26. The third-order valence-electron chi connectivity index (χ3n) is 1.98. The van der Waals surface area contributed by atoms with Gasteiger partial charge in [-0.25, -0.2) is 9.98 Å². The minimum atomic E-state index is -0.196. The van der Waals surface area contributed by atoms with Gasteiger partial charge in [0.2, 0.25) is 0 Å². The Labute approximate surface area is 83.8 Å². The maximum absolute atomic E-state index is 5.32. The molecule has 0 aromatic carbocycles. The molecule has 2 aromatic heterocycles. The standard InChI is InChI=1S/C8H6N4O3/c1-2-13-7(9-1)8-10-5(3-14-8)6-4-15-12-11-6/h1-2,4-5H,3H2. The van der Waals surface area contributed by atoms with Crippen LogP contribution in [0.1, 0.15) is 17.6 Å². The minimum absolute atomic E-state index is 0.196.